The highest BCUT2D eigenvalue weighted by molar-refractivity contribution is 6.27. The van der Waals surface area contributed by atoms with Crippen molar-refractivity contribution in [1.29, 1.82) is 0 Å². The third-order valence-corrected chi connectivity index (χ3v) is 9.18. The van der Waals surface area contributed by atoms with Gasteiger partial charge in [-0.3, -0.25) is 28.9 Å². The molecule has 1 amide bonds. The van der Waals surface area contributed by atoms with E-state index in [-0.39, 0.29) is 64.6 Å². The van der Waals surface area contributed by atoms with Gasteiger partial charge < -0.3 is 24.2 Å². The third-order valence-electron chi connectivity index (χ3n) is 9.18. The van der Waals surface area contributed by atoms with Crippen molar-refractivity contribution in [2.75, 3.05) is 26.9 Å². The van der Waals surface area contributed by atoms with Crippen LogP contribution in [0.15, 0.2) is 56.6 Å². The number of rotatable bonds is 7. The number of fused-ring (bicyclic) bond motifs is 5. The van der Waals surface area contributed by atoms with Gasteiger partial charge in [0.1, 0.15) is 18.8 Å². The summed E-state index contributed by atoms with van der Waals surface area (Å²) in [5, 5.41) is 11.5. The van der Waals surface area contributed by atoms with Crippen molar-refractivity contribution in [1.82, 2.24) is 9.80 Å². The van der Waals surface area contributed by atoms with Crippen LogP contribution in [0.1, 0.15) is 48.0 Å². The van der Waals surface area contributed by atoms with Gasteiger partial charge in [-0.15, -0.1) is 0 Å². The van der Waals surface area contributed by atoms with Crippen molar-refractivity contribution in [3.8, 4) is 0 Å². The van der Waals surface area contributed by atoms with Crippen molar-refractivity contribution >= 4 is 35.0 Å². The van der Waals surface area contributed by atoms with E-state index in [2.05, 4.69) is 0 Å². The molecule has 5 unspecified atom stereocenters. The molecule has 0 aromatic carbocycles. The summed E-state index contributed by atoms with van der Waals surface area (Å²) in [6.45, 7) is 9.25. The largest absolute Gasteiger partial charge is 0.489 e. The molecule has 3 aliphatic heterocycles. The van der Waals surface area contributed by atoms with Gasteiger partial charge in [-0.1, -0.05) is 6.08 Å². The van der Waals surface area contributed by atoms with Gasteiger partial charge in [-0.2, -0.15) is 0 Å². The first kappa shape index (κ1) is 31.3. The lowest BCUT2D eigenvalue weighted by atomic mass is 9.68. The van der Waals surface area contributed by atoms with Crippen LogP contribution in [0.25, 0.3) is 0 Å². The van der Waals surface area contributed by atoms with Crippen LogP contribution >= 0.6 is 0 Å². The summed E-state index contributed by atoms with van der Waals surface area (Å²) in [5.74, 6) is -3.82. The molecule has 44 heavy (non-hydrogen) atoms. The Balaban J connectivity index is 1.70. The molecule has 5 rings (SSSR count). The van der Waals surface area contributed by atoms with Gasteiger partial charge in [-0.05, 0) is 55.0 Å². The Morgan fingerprint density at radius 1 is 0.886 bits per heavy atom. The average Bonchev–Trinajstić information content (AvgIpc) is 2.99. The van der Waals surface area contributed by atoms with E-state index < -0.39 is 71.9 Å². The quantitative estimate of drug-likeness (QED) is 0.250. The minimum absolute atomic E-state index is 0.0146. The molecule has 3 heterocycles. The number of hydrogen-bond acceptors (Lipinski definition) is 11. The Hall–Kier alpha value is -4.16. The van der Waals surface area contributed by atoms with Crippen LogP contribution in [-0.4, -0.2) is 107 Å². The summed E-state index contributed by atoms with van der Waals surface area (Å²) in [6.07, 6.45) is -0.232. The fraction of sp³-hybridized carbons (Fsp3) is 0.500. The fourth-order valence-electron chi connectivity index (χ4n) is 6.99. The number of piperazine rings is 1. The Kier molecular flexibility index (Phi) is 8.10. The highest BCUT2D eigenvalue weighted by Crippen LogP contribution is 2.47. The normalized spacial score (nSPS) is 29.3. The number of esters is 1. The van der Waals surface area contributed by atoms with Crippen molar-refractivity contribution in [3.63, 3.8) is 0 Å². The lowest BCUT2D eigenvalue weighted by molar-refractivity contribution is -0.164. The first-order chi connectivity index (χ1) is 20.8. The number of allylic oxidation sites excluding steroid dienone is 5. The van der Waals surface area contributed by atoms with Crippen LogP contribution in [0.4, 0.5) is 0 Å². The van der Waals surface area contributed by atoms with E-state index >= 15 is 0 Å². The summed E-state index contributed by atoms with van der Waals surface area (Å²) in [7, 11) is 1.57. The maximum Gasteiger partial charge on any atom is 0.333 e. The zero-order valence-electron chi connectivity index (χ0n) is 25.8. The second-order valence-electron chi connectivity index (χ2n) is 11.4. The number of carbonyl (C=O) groups is 6. The number of amides is 1. The zero-order chi connectivity index (χ0) is 32.4. The Morgan fingerprint density at radius 2 is 1.45 bits per heavy atom. The molecular weight excluding hydrogens is 572 g/mol. The predicted octanol–water partition coefficient (Wildman–Crippen LogP) is 1.04. The summed E-state index contributed by atoms with van der Waals surface area (Å²) >= 11 is 0. The summed E-state index contributed by atoms with van der Waals surface area (Å²) in [5.41, 5.74) is 0.369. The van der Waals surface area contributed by atoms with Gasteiger partial charge in [0.2, 0.25) is 17.5 Å². The lowest BCUT2D eigenvalue weighted by Gasteiger charge is -2.58. The van der Waals surface area contributed by atoms with E-state index in [0.717, 1.165) is 0 Å². The molecule has 1 fully saturated rings. The number of ether oxygens (including phenoxy) is 3. The Bertz CT molecular complexity index is 1570. The number of aliphatic hydroxyl groups excluding tert-OH is 1. The van der Waals surface area contributed by atoms with Crippen LogP contribution in [-0.2, 0) is 43.0 Å². The molecule has 1 N–H and O–H groups in total. The monoisotopic (exact) mass is 608 g/mol. The molecular formula is C32H36N2O10. The molecule has 12 heteroatoms. The molecule has 5 atom stereocenters. The first-order valence-electron chi connectivity index (χ1n) is 14.7. The average molecular weight is 609 g/mol. The molecule has 12 nitrogen and oxygen atoms in total. The number of aliphatic hydroxyl groups is 1. The van der Waals surface area contributed by atoms with Gasteiger partial charge in [0.25, 0.3) is 0 Å². The number of Topliss-reactive ketones (excluding diaryl/α,β-unsaturated/α-hetero) is 4. The molecule has 0 spiro atoms. The van der Waals surface area contributed by atoms with E-state index in [4.69, 9.17) is 14.2 Å². The standard InChI is InChI=1S/C32H36N2O10/c1-8-13(4)32(41)44-12-18-19-16(24(35)14(5)29(27(19)38)42-9-2)11-17-22-20-21(25(36)15(6)30(28(20)39)43-10-3)26(37)23(33(22)7)31(40)34(17)18/h8,17-18,22-23,26,37H,9-12H2,1-7H3. The molecule has 0 saturated carbocycles. The number of likely N-dealkylation sites (N-methyl/N-ethyl adjacent to an activating group) is 1. The SMILES string of the molecule is CC=C(C)C(=O)OCC1C2=C(CC3C4C5=C(C(=O)C(C)=C(OCC)C5=O)C(O)C(C(=O)N13)N4C)C(=O)C(C)=C(OCC)C2=O. The molecule has 0 aromatic heterocycles. The van der Waals surface area contributed by atoms with E-state index in [1.807, 2.05) is 0 Å². The molecule has 234 valence electrons. The lowest BCUT2D eigenvalue weighted by Crippen LogP contribution is -2.75. The summed E-state index contributed by atoms with van der Waals surface area (Å²) in [4.78, 5) is 85.2. The molecule has 1 saturated heterocycles. The van der Waals surface area contributed by atoms with Crippen molar-refractivity contribution in [2.45, 2.75) is 78.2 Å². The second kappa shape index (κ2) is 11.4. The highest BCUT2D eigenvalue weighted by Gasteiger charge is 2.62. The smallest absolute Gasteiger partial charge is 0.333 e. The van der Waals surface area contributed by atoms with Gasteiger partial charge in [0, 0.05) is 39.0 Å². The fourth-order valence-corrected chi connectivity index (χ4v) is 6.99. The van der Waals surface area contributed by atoms with Crippen molar-refractivity contribution in [2.24, 2.45) is 0 Å². The van der Waals surface area contributed by atoms with Crippen LogP contribution in [0.2, 0.25) is 0 Å². The molecule has 0 aromatic rings. The van der Waals surface area contributed by atoms with E-state index in [9.17, 15) is 33.9 Å². The van der Waals surface area contributed by atoms with Gasteiger partial charge in [0.15, 0.2) is 23.1 Å². The molecule has 0 radical (unpaired) electrons. The second-order valence-corrected chi connectivity index (χ2v) is 11.4. The summed E-state index contributed by atoms with van der Waals surface area (Å²) in [6, 6.07) is -4.39. The summed E-state index contributed by atoms with van der Waals surface area (Å²) < 4.78 is 16.7. The molecule has 2 bridgehead atoms. The van der Waals surface area contributed by atoms with E-state index in [1.54, 1.807) is 45.7 Å². The van der Waals surface area contributed by atoms with E-state index in [0.29, 0.717) is 5.57 Å². The van der Waals surface area contributed by atoms with Gasteiger partial charge in [-0.25, -0.2) is 4.79 Å². The maximum absolute atomic E-state index is 14.3. The number of nitrogens with zero attached hydrogens (tertiary/aromatic N) is 2. The van der Waals surface area contributed by atoms with Gasteiger partial charge in [0.05, 0.1) is 31.3 Å². The van der Waals surface area contributed by atoms with E-state index in [1.165, 1.54) is 18.7 Å². The Labute approximate surface area is 254 Å². The predicted molar refractivity (Wildman–Crippen MR) is 154 cm³/mol. The first-order valence-corrected chi connectivity index (χ1v) is 14.7. The topological polar surface area (TPSA) is 157 Å². The minimum Gasteiger partial charge on any atom is -0.489 e. The minimum atomic E-state index is -1.66. The Morgan fingerprint density at radius 3 is 2.02 bits per heavy atom. The number of carbonyl (C=O) groups excluding carboxylic acids is 6. The van der Waals surface area contributed by atoms with Crippen molar-refractivity contribution in [3.05, 3.63) is 56.6 Å². The molecule has 2 aliphatic carbocycles. The van der Waals surface area contributed by atoms with Crippen LogP contribution < -0.4 is 0 Å². The number of hydrogen-bond donors (Lipinski definition) is 1. The highest BCUT2D eigenvalue weighted by atomic mass is 16.5. The number of ketones is 4. The maximum atomic E-state index is 14.3. The van der Waals surface area contributed by atoms with Crippen LogP contribution in [0.5, 0.6) is 0 Å². The third kappa shape index (κ3) is 4.34. The molecule has 5 aliphatic rings. The van der Waals surface area contributed by atoms with Crippen LogP contribution in [0.3, 0.4) is 0 Å². The zero-order valence-corrected chi connectivity index (χ0v) is 25.8. The van der Waals surface area contributed by atoms with Crippen molar-refractivity contribution < 1.29 is 48.1 Å². The van der Waals surface area contributed by atoms with Gasteiger partial charge >= 0.3 is 5.97 Å². The van der Waals surface area contributed by atoms with Crippen LogP contribution in [0, 0.1) is 0 Å².